The minimum atomic E-state index is 0.147. The molecular formula is C16H23ClN2O. The van der Waals surface area contributed by atoms with Crippen molar-refractivity contribution in [3.63, 3.8) is 0 Å². The highest BCUT2D eigenvalue weighted by molar-refractivity contribution is 6.17. The first-order chi connectivity index (χ1) is 9.65. The lowest BCUT2D eigenvalue weighted by atomic mass is 10.1. The van der Waals surface area contributed by atoms with Crippen LogP contribution >= 0.6 is 11.6 Å². The maximum Gasteiger partial charge on any atom is 0.254 e. The summed E-state index contributed by atoms with van der Waals surface area (Å²) in [5.41, 5.74) is 1.81. The van der Waals surface area contributed by atoms with Gasteiger partial charge in [-0.2, -0.15) is 0 Å². The number of carbonyl (C=O) groups excluding carboxylic acids is 1. The molecule has 0 N–H and O–H groups in total. The fourth-order valence-corrected chi connectivity index (χ4v) is 2.94. The molecule has 1 saturated heterocycles. The van der Waals surface area contributed by atoms with Crippen LogP contribution in [0, 0.1) is 0 Å². The molecule has 0 aliphatic carbocycles. The Morgan fingerprint density at radius 3 is 2.60 bits per heavy atom. The third-order valence-corrected chi connectivity index (χ3v) is 4.30. The highest BCUT2D eigenvalue weighted by atomic mass is 35.5. The Balaban J connectivity index is 2.16. The Labute approximate surface area is 126 Å². The lowest BCUT2D eigenvalue weighted by Crippen LogP contribution is -2.43. The summed E-state index contributed by atoms with van der Waals surface area (Å²) in [6.45, 7) is 5.02. The van der Waals surface area contributed by atoms with Gasteiger partial charge in [-0.1, -0.05) is 19.1 Å². The Morgan fingerprint density at radius 1 is 1.30 bits per heavy atom. The molecule has 0 aromatic heterocycles. The van der Waals surface area contributed by atoms with E-state index in [4.69, 9.17) is 11.6 Å². The molecule has 2 rings (SSSR count). The molecule has 1 aromatic rings. The van der Waals surface area contributed by atoms with E-state index in [0.717, 1.165) is 43.6 Å². The Kier molecular flexibility index (Phi) is 5.44. The molecule has 0 bridgehead atoms. The van der Waals surface area contributed by atoms with Crippen LogP contribution in [0.3, 0.4) is 0 Å². The number of alkyl halides is 1. The summed E-state index contributed by atoms with van der Waals surface area (Å²) in [5.74, 6) is 0.633. The lowest BCUT2D eigenvalue weighted by Gasteiger charge is -2.30. The van der Waals surface area contributed by atoms with Crippen molar-refractivity contribution in [2.75, 3.05) is 26.7 Å². The highest BCUT2D eigenvalue weighted by Gasteiger charge is 2.26. The zero-order chi connectivity index (χ0) is 14.5. The topological polar surface area (TPSA) is 23.6 Å². The van der Waals surface area contributed by atoms with Crippen LogP contribution in [-0.4, -0.2) is 48.4 Å². The number of halogens is 1. The first kappa shape index (κ1) is 15.3. The van der Waals surface area contributed by atoms with Gasteiger partial charge >= 0.3 is 0 Å². The molecule has 20 heavy (non-hydrogen) atoms. The van der Waals surface area contributed by atoms with Gasteiger partial charge in [-0.3, -0.25) is 4.79 Å². The molecule has 1 unspecified atom stereocenters. The minimum Gasteiger partial charge on any atom is -0.334 e. The van der Waals surface area contributed by atoms with Crippen molar-refractivity contribution < 1.29 is 4.79 Å². The molecule has 3 nitrogen and oxygen atoms in total. The number of nitrogens with zero attached hydrogens (tertiary/aromatic N) is 2. The van der Waals surface area contributed by atoms with E-state index in [-0.39, 0.29) is 5.91 Å². The van der Waals surface area contributed by atoms with Crippen molar-refractivity contribution in [3.8, 4) is 0 Å². The van der Waals surface area contributed by atoms with Crippen molar-refractivity contribution in [1.82, 2.24) is 9.80 Å². The second-order valence-corrected chi connectivity index (χ2v) is 5.77. The van der Waals surface area contributed by atoms with Gasteiger partial charge in [0.2, 0.25) is 0 Å². The van der Waals surface area contributed by atoms with E-state index in [2.05, 4.69) is 18.9 Å². The molecule has 1 amide bonds. The van der Waals surface area contributed by atoms with E-state index in [1.165, 1.54) is 0 Å². The summed E-state index contributed by atoms with van der Waals surface area (Å²) in [4.78, 5) is 17.1. The number of likely N-dealkylation sites (N-methyl/N-ethyl adjacent to an activating group) is 1. The van der Waals surface area contributed by atoms with Crippen LogP contribution in [0.15, 0.2) is 24.3 Å². The normalized spacial score (nSPS) is 20.8. The van der Waals surface area contributed by atoms with Crippen LogP contribution in [0.1, 0.15) is 35.7 Å². The summed E-state index contributed by atoms with van der Waals surface area (Å²) in [6.07, 6.45) is 2.04. The Bertz CT molecular complexity index is 446. The van der Waals surface area contributed by atoms with Gasteiger partial charge in [0.1, 0.15) is 0 Å². The number of rotatable bonds is 3. The quantitative estimate of drug-likeness (QED) is 0.800. The molecule has 4 heteroatoms. The predicted molar refractivity (Wildman–Crippen MR) is 83.2 cm³/mol. The largest absolute Gasteiger partial charge is 0.334 e. The molecule has 0 radical (unpaired) electrons. The van der Waals surface area contributed by atoms with Gasteiger partial charge in [0.25, 0.3) is 5.91 Å². The van der Waals surface area contributed by atoms with Crippen LogP contribution in [0.25, 0.3) is 0 Å². The van der Waals surface area contributed by atoms with E-state index >= 15 is 0 Å². The fraction of sp³-hybridized carbons (Fsp3) is 0.562. The van der Waals surface area contributed by atoms with Crippen LogP contribution in [0.2, 0.25) is 0 Å². The monoisotopic (exact) mass is 294 g/mol. The SMILES string of the molecule is CCC1CN(C)CCCN1C(=O)c1ccc(CCl)cc1. The average Bonchev–Trinajstić information content (AvgIpc) is 2.67. The molecule has 110 valence electrons. The summed E-state index contributed by atoms with van der Waals surface area (Å²) in [5, 5.41) is 0. The van der Waals surface area contributed by atoms with Crippen molar-refractivity contribution in [3.05, 3.63) is 35.4 Å². The maximum atomic E-state index is 12.7. The van der Waals surface area contributed by atoms with E-state index in [1.54, 1.807) is 0 Å². The third-order valence-electron chi connectivity index (χ3n) is 3.99. The third kappa shape index (κ3) is 3.53. The number of benzene rings is 1. The van der Waals surface area contributed by atoms with Gasteiger partial charge in [0.05, 0.1) is 0 Å². The van der Waals surface area contributed by atoms with Crippen LogP contribution < -0.4 is 0 Å². The molecule has 1 heterocycles. The standard InChI is InChI=1S/C16H23ClN2O/c1-3-15-12-18(2)9-4-10-19(15)16(20)14-7-5-13(11-17)6-8-14/h5-8,15H,3-4,9-12H2,1-2H3. The second-order valence-electron chi connectivity index (χ2n) is 5.51. The van der Waals surface area contributed by atoms with Gasteiger partial charge < -0.3 is 9.80 Å². The zero-order valence-electron chi connectivity index (χ0n) is 12.3. The molecule has 1 atom stereocenters. The second kappa shape index (κ2) is 7.09. The van der Waals surface area contributed by atoms with Crippen LogP contribution in [0.4, 0.5) is 0 Å². The smallest absolute Gasteiger partial charge is 0.254 e. The average molecular weight is 295 g/mol. The van der Waals surface area contributed by atoms with Gasteiger partial charge in [-0.05, 0) is 44.1 Å². The van der Waals surface area contributed by atoms with Gasteiger partial charge in [-0.15, -0.1) is 11.6 Å². The Morgan fingerprint density at radius 2 is 2.00 bits per heavy atom. The first-order valence-corrected chi connectivity index (χ1v) is 7.83. The van der Waals surface area contributed by atoms with E-state index in [9.17, 15) is 4.79 Å². The molecule has 1 aliphatic rings. The molecular weight excluding hydrogens is 272 g/mol. The fourth-order valence-electron chi connectivity index (χ4n) is 2.76. The van der Waals surface area contributed by atoms with E-state index in [0.29, 0.717) is 11.9 Å². The van der Waals surface area contributed by atoms with Crippen LogP contribution in [-0.2, 0) is 5.88 Å². The zero-order valence-corrected chi connectivity index (χ0v) is 13.1. The number of hydrogen-bond acceptors (Lipinski definition) is 2. The molecule has 1 aromatic carbocycles. The molecule has 1 aliphatic heterocycles. The summed E-state index contributed by atoms with van der Waals surface area (Å²) < 4.78 is 0. The molecule has 0 saturated carbocycles. The first-order valence-electron chi connectivity index (χ1n) is 7.30. The summed E-state index contributed by atoms with van der Waals surface area (Å²) >= 11 is 5.79. The van der Waals surface area contributed by atoms with Gasteiger partial charge in [0, 0.05) is 30.6 Å². The van der Waals surface area contributed by atoms with Gasteiger partial charge in [-0.25, -0.2) is 0 Å². The number of hydrogen-bond donors (Lipinski definition) is 0. The van der Waals surface area contributed by atoms with Crippen molar-refractivity contribution in [2.24, 2.45) is 0 Å². The summed E-state index contributed by atoms with van der Waals surface area (Å²) in [7, 11) is 2.13. The van der Waals surface area contributed by atoms with Gasteiger partial charge in [0.15, 0.2) is 0 Å². The maximum absolute atomic E-state index is 12.7. The highest BCUT2D eigenvalue weighted by Crippen LogP contribution is 2.17. The predicted octanol–water partition coefficient (Wildman–Crippen LogP) is 2.98. The van der Waals surface area contributed by atoms with Crippen LogP contribution in [0.5, 0.6) is 0 Å². The van der Waals surface area contributed by atoms with Crippen molar-refractivity contribution in [1.29, 1.82) is 0 Å². The lowest BCUT2D eigenvalue weighted by molar-refractivity contribution is 0.0675. The van der Waals surface area contributed by atoms with Crippen molar-refractivity contribution in [2.45, 2.75) is 31.7 Å². The van der Waals surface area contributed by atoms with Crippen molar-refractivity contribution >= 4 is 17.5 Å². The van der Waals surface area contributed by atoms with E-state index < -0.39 is 0 Å². The minimum absolute atomic E-state index is 0.147. The number of amides is 1. The molecule has 0 spiro atoms. The summed E-state index contributed by atoms with van der Waals surface area (Å²) in [6, 6.07) is 7.96. The van der Waals surface area contributed by atoms with E-state index in [1.807, 2.05) is 29.2 Å². The Hall–Kier alpha value is -1.06. The molecule has 1 fully saturated rings. The number of carbonyl (C=O) groups is 1.